The van der Waals surface area contributed by atoms with Gasteiger partial charge in [-0.05, 0) is 29.7 Å². The van der Waals surface area contributed by atoms with Crippen LogP contribution in [0, 0.1) is 0 Å². The Bertz CT molecular complexity index is 512. The van der Waals surface area contributed by atoms with E-state index in [2.05, 4.69) is 29.9 Å². The number of anilines is 1. The molecule has 0 spiro atoms. The number of pyridine rings is 1. The molecule has 2 rings (SSSR count). The second-order valence-electron chi connectivity index (χ2n) is 4.12. The molecule has 17 heavy (non-hydrogen) atoms. The van der Waals surface area contributed by atoms with Gasteiger partial charge < -0.3 is 5.73 Å². The van der Waals surface area contributed by atoms with Crippen LogP contribution < -0.4 is 5.73 Å². The average molecular weight is 245 g/mol. The van der Waals surface area contributed by atoms with E-state index in [-0.39, 0.29) is 0 Å². The lowest BCUT2D eigenvalue weighted by Gasteiger charge is -2.03. The molecule has 0 aliphatic heterocycles. The summed E-state index contributed by atoms with van der Waals surface area (Å²) in [7, 11) is 0. The molecule has 0 aromatic carbocycles. The van der Waals surface area contributed by atoms with Crippen LogP contribution in [0.4, 0.5) is 5.13 Å². The lowest BCUT2D eigenvalue weighted by molar-refractivity contribution is 0.857. The zero-order valence-electron chi connectivity index (χ0n) is 9.92. The summed E-state index contributed by atoms with van der Waals surface area (Å²) in [5.41, 5.74) is 8.62. The number of thiazole rings is 1. The van der Waals surface area contributed by atoms with E-state index in [0.717, 1.165) is 11.4 Å². The molecule has 4 heteroatoms. The molecule has 2 aromatic rings. The van der Waals surface area contributed by atoms with Gasteiger partial charge in [-0.15, -0.1) is 11.3 Å². The molecule has 0 saturated heterocycles. The number of nitrogens with zero attached hydrogens (tertiary/aromatic N) is 2. The number of aromatic nitrogens is 2. The standard InChI is InChI=1S/C13H15N3S/c1-9(2)10-3-4-11(15-7-10)5-6-12-8-17-13(14)16-12/h3-9H,1-2H3,(H2,14,16). The van der Waals surface area contributed by atoms with Crippen LogP contribution in [0.1, 0.15) is 36.7 Å². The molecule has 2 heterocycles. The molecule has 0 unspecified atom stereocenters. The van der Waals surface area contributed by atoms with Crippen LogP contribution in [0.5, 0.6) is 0 Å². The van der Waals surface area contributed by atoms with E-state index < -0.39 is 0 Å². The van der Waals surface area contributed by atoms with E-state index in [0.29, 0.717) is 11.0 Å². The van der Waals surface area contributed by atoms with E-state index in [1.54, 1.807) is 0 Å². The maximum absolute atomic E-state index is 5.56. The van der Waals surface area contributed by atoms with Crippen molar-refractivity contribution in [3.8, 4) is 0 Å². The van der Waals surface area contributed by atoms with E-state index in [1.165, 1.54) is 16.9 Å². The van der Waals surface area contributed by atoms with E-state index in [9.17, 15) is 0 Å². The van der Waals surface area contributed by atoms with Gasteiger partial charge in [0.1, 0.15) is 0 Å². The fourth-order valence-electron chi connectivity index (χ4n) is 1.40. The SMILES string of the molecule is CC(C)c1ccc(C=Cc2csc(N)n2)nc1. The molecule has 0 saturated carbocycles. The fourth-order valence-corrected chi connectivity index (χ4v) is 1.94. The summed E-state index contributed by atoms with van der Waals surface area (Å²) in [4.78, 5) is 8.53. The molecule has 0 fully saturated rings. The highest BCUT2D eigenvalue weighted by Gasteiger charge is 1.98. The molecule has 0 radical (unpaired) electrons. The fraction of sp³-hybridized carbons (Fsp3) is 0.231. The Morgan fingerprint density at radius 1 is 1.24 bits per heavy atom. The topological polar surface area (TPSA) is 51.8 Å². The smallest absolute Gasteiger partial charge is 0.180 e. The summed E-state index contributed by atoms with van der Waals surface area (Å²) in [6.07, 6.45) is 5.78. The van der Waals surface area contributed by atoms with Crippen LogP contribution in [-0.4, -0.2) is 9.97 Å². The molecule has 0 bridgehead atoms. The van der Waals surface area contributed by atoms with Crippen LogP contribution in [0.2, 0.25) is 0 Å². The van der Waals surface area contributed by atoms with Gasteiger partial charge in [-0.1, -0.05) is 19.9 Å². The molecule has 2 aromatic heterocycles. The molecule has 0 atom stereocenters. The molecule has 88 valence electrons. The van der Waals surface area contributed by atoms with Gasteiger partial charge in [0, 0.05) is 11.6 Å². The lowest BCUT2D eigenvalue weighted by atomic mass is 10.1. The minimum Gasteiger partial charge on any atom is -0.375 e. The summed E-state index contributed by atoms with van der Waals surface area (Å²) in [5.74, 6) is 0.513. The quantitative estimate of drug-likeness (QED) is 0.901. The number of nitrogens with two attached hydrogens (primary N) is 1. The van der Waals surface area contributed by atoms with E-state index in [4.69, 9.17) is 5.73 Å². The summed E-state index contributed by atoms with van der Waals surface area (Å²) in [6.45, 7) is 4.31. The Morgan fingerprint density at radius 2 is 2.00 bits per heavy atom. The van der Waals surface area contributed by atoms with Gasteiger partial charge in [-0.3, -0.25) is 4.98 Å². The monoisotopic (exact) mass is 245 g/mol. The van der Waals surface area contributed by atoms with Crippen LogP contribution in [0.3, 0.4) is 0 Å². The van der Waals surface area contributed by atoms with Crippen LogP contribution in [0.25, 0.3) is 12.2 Å². The van der Waals surface area contributed by atoms with Gasteiger partial charge >= 0.3 is 0 Å². The van der Waals surface area contributed by atoms with Crippen LogP contribution in [0.15, 0.2) is 23.7 Å². The third kappa shape index (κ3) is 3.14. The number of hydrogen-bond acceptors (Lipinski definition) is 4. The number of nitrogen functional groups attached to an aromatic ring is 1. The van der Waals surface area contributed by atoms with Gasteiger partial charge in [0.2, 0.25) is 0 Å². The van der Waals surface area contributed by atoms with Crippen molar-refractivity contribution in [3.63, 3.8) is 0 Å². The van der Waals surface area contributed by atoms with Gasteiger partial charge in [-0.25, -0.2) is 4.98 Å². The minimum absolute atomic E-state index is 0.513. The summed E-state index contributed by atoms with van der Waals surface area (Å²) in [5, 5.41) is 2.52. The van der Waals surface area contributed by atoms with Crippen molar-refractivity contribution in [2.75, 3.05) is 5.73 Å². The summed E-state index contributed by atoms with van der Waals surface area (Å²) in [6, 6.07) is 4.12. The van der Waals surface area contributed by atoms with Crippen LogP contribution in [-0.2, 0) is 0 Å². The maximum atomic E-state index is 5.56. The van der Waals surface area contributed by atoms with Crippen molar-refractivity contribution in [2.24, 2.45) is 0 Å². The first-order valence-corrected chi connectivity index (χ1v) is 6.38. The third-order valence-corrected chi connectivity index (χ3v) is 3.13. The summed E-state index contributed by atoms with van der Waals surface area (Å²) >= 11 is 1.44. The molecular formula is C13H15N3S. The third-order valence-electron chi connectivity index (χ3n) is 2.44. The first kappa shape index (κ1) is 11.8. The first-order chi connectivity index (χ1) is 8.15. The van der Waals surface area contributed by atoms with Crippen molar-refractivity contribution in [3.05, 3.63) is 40.7 Å². The second kappa shape index (κ2) is 5.10. The Labute approximate surface area is 105 Å². The van der Waals surface area contributed by atoms with E-state index in [1.807, 2.05) is 29.8 Å². The van der Waals surface area contributed by atoms with Crippen molar-refractivity contribution in [1.29, 1.82) is 0 Å². The van der Waals surface area contributed by atoms with Crippen LogP contribution >= 0.6 is 11.3 Å². The van der Waals surface area contributed by atoms with Gasteiger partial charge in [-0.2, -0.15) is 0 Å². The van der Waals surface area contributed by atoms with Gasteiger partial charge in [0.05, 0.1) is 11.4 Å². The zero-order valence-corrected chi connectivity index (χ0v) is 10.7. The molecule has 0 amide bonds. The lowest BCUT2D eigenvalue weighted by Crippen LogP contribution is -1.89. The maximum Gasteiger partial charge on any atom is 0.180 e. The molecule has 0 aliphatic rings. The highest BCUT2D eigenvalue weighted by molar-refractivity contribution is 7.13. The summed E-state index contributed by atoms with van der Waals surface area (Å²) < 4.78 is 0. The number of rotatable bonds is 3. The van der Waals surface area contributed by atoms with Crippen molar-refractivity contribution >= 4 is 28.6 Å². The highest BCUT2D eigenvalue weighted by atomic mass is 32.1. The Balaban J connectivity index is 2.11. The van der Waals surface area contributed by atoms with Gasteiger partial charge in [0.15, 0.2) is 5.13 Å². The predicted molar refractivity (Wildman–Crippen MR) is 73.8 cm³/mol. The molecule has 3 nitrogen and oxygen atoms in total. The van der Waals surface area contributed by atoms with Crippen molar-refractivity contribution < 1.29 is 0 Å². The number of hydrogen-bond donors (Lipinski definition) is 1. The van der Waals surface area contributed by atoms with Crippen molar-refractivity contribution in [2.45, 2.75) is 19.8 Å². The van der Waals surface area contributed by atoms with Crippen molar-refractivity contribution in [1.82, 2.24) is 9.97 Å². The average Bonchev–Trinajstić information content (AvgIpc) is 2.73. The predicted octanol–water partition coefficient (Wildman–Crippen LogP) is 3.41. The Morgan fingerprint density at radius 3 is 2.53 bits per heavy atom. The van der Waals surface area contributed by atoms with Gasteiger partial charge in [0.25, 0.3) is 0 Å². The first-order valence-electron chi connectivity index (χ1n) is 5.50. The second-order valence-corrected chi connectivity index (χ2v) is 5.00. The Kier molecular flexibility index (Phi) is 3.54. The minimum atomic E-state index is 0.513. The molecule has 0 aliphatic carbocycles. The van der Waals surface area contributed by atoms with E-state index >= 15 is 0 Å². The molecule has 2 N–H and O–H groups in total. The normalized spacial score (nSPS) is 11.5. The largest absolute Gasteiger partial charge is 0.375 e. The highest BCUT2D eigenvalue weighted by Crippen LogP contribution is 2.15. The zero-order chi connectivity index (χ0) is 12.3. The molecular weight excluding hydrogens is 230 g/mol. The Hall–Kier alpha value is -1.68.